The molecular weight excluding hydrogens is 246 g/mol. The molecule has 0 heterocycles. The zero-order chi connectivity index (χ0) is 14.2. The van der Waals surface area contributed by atoms with E-state index in [9.17, 15) is 8.42 Å². The molecule has 0 bridgehead atoms. The van der Waals surface area contributed by atoms with Gasteiger partial charge in [0.15, 0.2) is 9.84 Å². The third-order valence-electron chi connectivity index (χ3n) is 3.67. The van der Waals surface area contributed by atoms with Crippen molar-refractivity contribution in [3.05, 3.63) is 0 Å². The summed E-state index contributed by atoms with van der Waals surface area (Å²) in [6, 6.07) is 0.110. The maximum atomic E-state index is 12.5. The highest BCUT2D eigenvalue weighted by Gasteiger charge is 2.34. The van der Waals surface area contributed by atoms with Crippen LogP contribution in [0.1, 0.15) is 66.7 Å². The molecule has 0 aliphatic carbocycles. The second-order valence-corrected chi connectivity index (χ2v) is 7.69. The van der Waals surface area contributed by atoms with E-state index >= 15 is 0 Å². The second-order valence-electron chi connectivity index (χ2n) is 5.10. The first-order chi connectivity index (χ1) is 8.45. The molecule has 0 aromatic rings. The average molecular weight is 277 g/mol. The van der Waals surface area contributed by atoms with E-state index in [1.807, 2.05) is 20.8 Å². The lowest BCUT2D eigenvalue weighted by atomic mass is 10.1. The SMILES string of the molecule is CCCNC(CCC)C(CC)S(=O)(=O)C(C)CC. The topological polar surface area (TPSA) is 46.2 Å². The van der Waals surface area contributed by atoms with Crippen LogP contribution in [-0.2, 0) is 9.84 Å². The van der Waals surface area contributed by atoms with E-state index in [-0.39, 0.29) is 16.5 Å². The minimum atomic E-state index is -3.02. The fraction of sp³-hybridized carbons (Fsp3) is 1.00. The molecule has 1 N–H and O–H groups in total. The quantitative estimate of drug-likeness (QED) is 0.667. The molecule has 0 aromatic carbocycles. The van der Waals surface area contributed by atoms with Crippen molar-refractivity contribution in [3.63, 3.8) is 0 Å². The van der Waals surface area contributed by atoms with Gasteiger partial charge in [-0.3, -0.25) is 0 Å². The highest BCUT2D eigenvalue weighted by Crippen LogP contribution is 2.21. The van der Waals surface area contributed by atoms with E-state index in [1.165, 1.54) is 0 Å². The lowest BCUT2D eigenvalue weighted by molar-refractivity contribution is 0.433. The standard InChI is InChI=1S/C14H31NO2S/c1-6-10-13(15-11-7-2)14(9-4)18(16,17)12(5)8-3/h12-15H,6-11H2,1-5H3. The molecule has 0 aliphatic heterocycles. The predicted octanol–water partition coefficient (Wildman–Crippen LogP) is 3.15. The highest BCUT2D eigenvalue weighted by atomic mass is 32.2. The van der Waals surface area contributed by atoms with Crippen LogP contribution in [0.2, 0.25) is 0 Å². The molecule has 3 nitrogen and oxygen atoms in total. The van der Waals surface area contributed by atoms with Crippen molar-refractivity contribution in [2.24, 2.45) is 0 Å². The molecule has 4 heteroatoms. The summed E-state index contributed by atoms with van der Waals surface area (Å²) in [5.74, 6) is 0. The second kappa shape index (κ2) is 8.92. The van der Waals surface area contributed by atoms with Gasteiger partial charge in [-0.2, -0.15) is 0 Å². The molecule has 110 valence electrons. The summed E-state index contributed by atoms with van der Waals surface area (Å²) in [6.07, 6.45) is 4.40. The molecule has 0 aliphatic rings. The van der Waals surface area contributed by atoms with E-state index in [2.05, 4.69) is 19.2 Å². The Bertz CT molecular complexity index is 301. The summed E-state index contributed by atoms with van der Waals surface area (Å²) < 4.78 is 25.1. The van der Waals surface area contributed by atoms with E-state index in [4.69, 9.17) is 0 Å². The van der Waals surface area contributed by atoms with Gasteiger partial charge in [-0.25, -0.2) is 8.42 Å². The Balaban J connectivity index is 4.98. The summed E-state index contributed by atoms with van der Waals surface area (Å²) in [7, 11) is -3.02. The van der Waals surface area contributed by atoms with Gasteiger partial charge in [-0.1, -0.05) is 34.1 Å². The summed E-state index contributed by atoms with van der Waals surface area (Å²) in [4.78, 5) is 0. The van der Waals surface area contributed by atoms with Crippen molar-refractivity contribution in [1.82, 2.24) is 5.32 Å². The smallest absolute Gasteiger partial charge is 0.157 e. The van der Waals surface area contributed by atoms with E-state index in [0.29, 0.717) is 12.8 Å². The van der Waals surface area contributed by atoms with Gasteiger partial charge in [0.05, 0.1) is 10.5 Å². The third kappa shape index (κ3) is 4.88. The van der Waals surface area contributed by atoms with Gasteiger partial charge >= 0.3 is 0 Å². The summed E-state index contributed by atoms with van der Waals surface area (Å²) in [6.45, 7) is 10.9. The Morgan fingerprint density at radius 1 is 1.00 bits per heavy atom. The molecule has 3 unspecified atom stereocenters. The first-order valence-corrected chi connectivity index (χ1v) is 9.02. The molecule has 0 saturated carbocycles. The Labute approximate surface area is 114 Å². The van der Waals surface area contributed by atoms with Crippen molar-refractivity contribution in [3.8, 4) is 0 Å². The summed E-state index contributed by atoms with van der Waals surface area (Å²) in [5, 5.41) is 2.96. The monoisotopic (exact) mass is 277 g/mol. The van der Waals surface area contributed by atoms with Gasteiger partial charge in [0.1, 0.15) is 0 Å². The van der Waals surface area contributed by atoms with Crippen molar-refractivity contribution >= 4 is 9.84 Å². The van der Waals surface area contributed by atoms with Gasteiger partial charge in [0.2, 0.25) is 0 Å². The maximum absolute atomic E-state index is 12.5. The predicted molar refractivity (Wildman–Crippen MR) is 79.7 cm³/mol. The molecule has 0 rings (SSSR count). The van der Waals surface area contributed by atoms with Gasteiger partial charge in [0.25, 0.3) is 0 Å². The van der Waals surface area contributed by atoms with E-state index < -0.39 is 9.84 Å². The number of hydrogen-bond acceptors (Lipinski definition) is 3. The molecule has 18 heavy (non-hydrogen) atoms. The van der Waals surface area contributed by atoms with Crippen LogP contribution in [0.4, 0.5) is 0 Å². The van der Waals surface area contributed by atoms with Crippen LogP contribution in [0, 0.1) is 0 Å². The lowest BCUT2D eigenvalue weighted by Gasteiger charge is -2.29. The van der Waals surface area contributed by atoms with Crippen LogP contribution >= 0.6 is 0 Å². The lowest BCUT2D eigenvalue weighted by Crippen LogP contribution is -2.46. The number of rotatable bonds is 10. The summed E-state index contributed by atoms with van der Waals surface area (Å²) >= 11 is 0. The largest absolute Gasteiger partial charge is 0.313 e. The van der Waals surface area contributed by atoms with Crippen LogP contribution in [-0.4, -0.2) is 31.5 Å². The molecule has 0 radical (unpaired) electrons. The van der Waals surface area contributed by atoms with E-state index in [0.717, 1.165) is 25.8 Å². The van der Waals surface area contributed by atoms with Crippen molar-refractivity contribution in [2.45, 2.75) is 83.3 Å². The molecule has 0 saturated heterocycles. The summed E-state index contributed by atoms with van der Waals surface area (Å²) in [5.41, 5.74) is 0. The molecule has 0 fully saturated rings. The van der Waals surface area contributed by atoms with Crippen molar-refractivity contribution < 1.29 is 8.42 Å². The Morgan fingerprint density at radius 2 is 1.61 bits per heavy atom. The minimum absolute atomic E-state index is 0.110. The number of nitrogens with one attached hydrogen (secondary N) is 1. The van der Waals surface area contributed by atoms with E-state index in [1.54, 1.807) is 0 Å². The van der Waals surface area contributed by atoms with Gasteiger partial charge < -0.3 is 5.32 Å². The number of sulfone groups is 1. The van der Waals surface area contributed by atoms with Crippen LogP contribution < -0.4 is 5.32 Å². The van der Waals surface area contributed by atoms with Crippen molar-refractivity contribution in [1.29, 1.82) is 0 Å². The Hall–Kier alpha value is -0.0900. The molecule has 0 amide bonds. The van der Waals surface area contributed by atoms with Crippen LogP contribution in [0.3, 0.4) is 0 Å². The average Bonchev–Trinajstić information content (AvgIpc) is 2.35. The van der Waals surface area contributed by atoms with Gasteiger partial charge in [-0.05, 0) is 39.2 Å². The third-order valence-corrected chi connectivity index (χ3v) is 6.63. The first kappa shape index (κ1) is 17.9. The zero-order valence-electron chi connectivity index (χ0n) is 12.7. The fourth-order valence-corrected chi connectivity index (χ4v) is 4.55. The molecule has 0 spiro atoms. The van der Waals surface area contributed by atoms with Crippen LogP contribution in [0.25, 0.3) is 0 Å². The molecular formula is C14H31NO2S. The zero-order valence-corrected chi connectivity index (χ0v) is 13.5. The Kier molecular flexibility index (Phi) is 8.87. The number of hydrogen-bond donors (Lipinski definition) is 1. The molecule has 3 atom stereocenters. The molecule has 0 aromatic heterocycles. The van der Waals surface area contributed by atoms with Gasteiger partial charge in [-0.15, -0.1) is 0 Å². The van der Waals surface area contributed by atoms with Crippen molar-refractivity contribution in [2.75, 3.05) is 6.54 Å². The Morgan fingerprint density at radius 3 is 2.00 bits per heavy atom. The van der Waals surface area contributed by atoms with Gasteiger partial charge in [0, 0.05) is 6.04 Å². The normalized spacial score (nSPS) is 17.4. The maximum Gasteiger partial charge on any atom is 0.157 e. The van der Waals surface area contributed by atoms with Crippen LogP contribution in [0.15, 0.2) is 0 Å². The van der Waals surface area contributed by atoms with Crippen LogP contribution in [0.5, 0.6) is 0 Å². The first-order valence-electron chi connectivity index (χ1n) is 7.41. The highest BCUT2D eigenvalue weighted by molar-refractivity contribution is 7.92. The minimum Gasteiger partial charge on any atom is -0.313 e. The fourth-order valence-electron chi connectivity index (χ4n) is 2.34.